The fourth-order valence-electron chi connectivity index (χ4n) is 3.47. The smallest absolute Gasteiger partial charge is 0.255 e. The summed E-state index contributed by atoms with van der Waals surface area (Å²) < 4.78 is 0. The molecular weight excluding hydrogens is 383 g/mol. The van der Waals surface area contributed by atoms with Crippen LogP contribution in [-0.4, -0.2) is 11.0 Å². The Hall–Kier alpha value is -2.69. The molecule has 0 radical (unpaired) electrons. The van der Waals surface area contributed by atoms with E-state index in [1.54, 1.807) is 42.5 Å². The van der Waals surface area contributed by atoms with Gasteiger partial charge in [-0.05, 0) is 42.0 Å². The molecule has 0 saturated carbocycles. The lowest BCUT2D eigenvalue weighted by atomic mass is 9.84. The first-order valence-electron chi connectivity index (χ1n) is 8.39. The average Bonchev–Trinajstić information content (AvgIpc) is 2.86. The van der Waals surface area contributed by atoms with Crippen molar-refractivity contribution < 1.29 is 9.90 Å². The molecule has 1 atom stereocenters. The van der Waals surface area contributed by atoms with E-state index in [-0.39, 0.29) is 11.7 Å². The van der Waals surface area contributed by atoms with E-state index < -0.39 is 5.54 Å². The number of carbonyl (C=O) groups excluding carboxylic acids is 1. The van der Waals surface area contributed by atoms with Crippen LogP contribution in [0.15, 0.2) is 66.7 Å². The molecule has 4 nitrogen and oxygen atoms in total. The Balaban J connectivity index is 1.84. The molecule has 1 aliphatic rings. The number of carbonyl (C=O) groups is 1. The fourth-order valence-corrected chi connectivity index (χ4v) is 3.86. The van der Waals surface area contributed by atoms with Crippen LogP contribution in [0.1, 0.15) is 11.1 Å². The second-order valence-electron chi connectivity index (χ2n) is 6.53. The molecule has 0 aromatic heterocycles. The van der Waals surface area contributed by atoms with E-state index >= 15 is 0 Å². The number of benzene rings is 3. The fraction of sp³-hybridized carbons (Fsp3) is 0.0952. The van der Waals surface area contributed by atoms with Gasteiger partial charge in [0.25, 0.3) is 5.91 Å². The van der Waals surface area contributed by atoms with Gasteiger partial charge in [-0.2, -0.15) is 0 Å². The first kappa shape index (κ1) is 17.7. The third kappa shape index (κ3) is 3.34. The predicted molar refractivity (Wildman–Crippen MR) is 109 cm³/mol. The van der Waals surface area contributed by atoms with Crippen LogP contribution in [-0.2, 0) is 16.8 Å². The lowest BCUT2D eigenvalue weighted by molar-refractivity contribution is -0.119. The molecule has 3 aromatic rings. The molecule has 0 spiro atoms. The molecule has 3 N–H and O–H groups in total. The van der Waals surface area contributed by atoms with Crippen LogP contribution < -0.4 is 10.6 Å². The molecule has 1 amide bonds. The van der Waals surface area contributed by atoms with Gasteiger partial charge in [0.2, 0.25) is 0 Å². The molecule has 136 valence electrons. The van der Waals surface area contributed by atoms with Gasteiger partial charge >= 0.3 is 0 Å². The Bertz CT molecular complexity index is 989. The first-order chi connectivity index (χ1) is 13.0. The monoisotopic (exact) mass is 398 g/mol. The molecular formula is C21H16Cl2N2O2. The summed E-state index contributed by atoms with van der Waals surface area (Å²) in [5.41, 5.74) is 1.95. The van der Waals surface area contributed by atoms with Crippen molar-refractivity contribution in [2.75, 3.05) is 10.6 Å². The first-order valence-corrected chi connectivity index (χ1v) is 9.15. The van der Waals surface area contributed by atoms with E-state index in [4.69, 9.17) is 23.2 Å². The molecule has 1 heterocycles. The summed E-state index contributed by atoms with van der Waals surface area (Å²) in [5.74, 6) is -0.0734. The van der Waals surface area contributed by atoms with E-state index in [2.05, 4.69) is 10.6 Å². The number of hydrogen-bond acceptors (Lipinski definition) is 3. The molecule has 3 aromatic carbocycles. The van der Waals surface area contributed by atoms with Crippen molar-refractivity contribution in [3.8, 4) is 5.75 Å². The number of halogens is 2. The maximum atomic E-state index is 13.1. The molecule has 0 fully saturated rings. The van der Waals surface area contributed by atoms with Crippen molar-refractivity contribution in [2.45, 2.75) is 12.0 Å². The SMILES string of the molecule is O=C1Nc2cc(Cl)ccc2C1(Cc1cccc(Cl)c1)Nc1cccc(O)c1. The summed E-state index contributed by atoms with van der Waals surface area (Å²) >= 11 is 12.2. The van der Waals surface area contributed by atoms with Crippen LogP contribution in [0.4, 0.5) is 11.4 Å². The van der Waals surface area contributed by atoms with Crippen LogP contribution in [0.2, 0.25) is 10.0 Å². The van der Waals surface area contributed by atoms with Gasteiger partial charge in [-0.25, -0.2) is 0 Å². The van der Waals surface area contributed by atoms with Gasteiger partial charge in [-0.1, -0.05) is 47.5 Å². The summed E-state index contributed by atoms with van der Waals surface area (Å²) in [4.78, 5) is 13.1. The minimum atomic E-state index is -1.06. The quantitative estimate of drug-likeness (QED) is 0.565. The third-order valence-electron chi connectivity index (χ3n) is 4.64. The molecule has 1 unspecified atom stereocenters. The van der Waals surface area contributed by atoms with Gasteiger partial charge in [-0.3, -0.25) is 4.79 Å². The van der Waals surface area contributed by atoms with Gasteiger partial charge in [-0.15, -0.1) is 0 Å². The number of aromatic hydroxyl groups is 1. The third-order valence-corrected chi connectivity index (χ3v) is 5.11. The van der Waals surface area contributed by atoms with Crippen molar-refractivity contribution in [3.63, 3.8) is 0 Å². The second kappa shape index (κ2) is 6.80. The zero-order valence-electron chi connectivity index (χ0n) is 14.2. The highest BCUT2D eigenvalue weighted by atomic mass is 35.5. The van der Waals surface area contributed by atoms with Gasteiger partial charge in [0.1, 0.15) is 11.3 Å². The minimum Gasteiger partial charge on any atom is -0.508 e. The number of anilines is 2. The number of nitrogens with one attached hydrogen (secondary N) is 2. The number of phenols is 1. The van der Waals surface area contributed by atoms with E-state index in [9.17, 15) is 9.90 Å². The van der Waals surface area contributed by atoms with E-state index in [1.165, 1.54) is 0 Å². The van der Waals surface area contributed by atoms with Crippen LogP contribution in [0, 0.1) is 0 Å². The molecule has 6 heteroatoms. The number of rotatable bonds is 4. The lowest BCUT2D eigenvalue weighted by Gasteiger charge is -2.30. The summed E-state index contributed by atoms with van der Waals surface area (Å²) in [5, 5.41) is 17.2. The Labute approximate surface area is 166 Å². The molecule has 1 aliphatic heterocycles. The maximum absolute atomic E-state index is 13.1. The predicted octanol–water partition coefficient (Wildman–Crippen LogP) is 5.20. The number of amides is 1. The van der Waals surface area contributed by atoms with Crippen LogP contribution in [0.3, 0.4) is 0 Å². The number of fused-ring (bicyclic) bond motifs is 1. The standard InChI is InChI=1S/C21H16Cl2N2O2/c22-14-4-1-3-13(9-14)12-21(25-16-5-2-6-17(26)11-16)18-8-7-15(23)10-19(18)24-20(21)27/h1-11,25-26H,12H2,(H,24,27). The Morgan fingerprint density at radius 1 is 0.963 bits per heavy atom. The summed E-state index contributed by atoms with van der Waals surface area (Å²) in [6.45, 7) is 0. The van der Waals surface area contributed by atoms with Crippen molar-refractivity contribution >= 4 is 40.5 Å². The zero-order valence-corrected chi connectivity index (χ0v) is 15.7. The van der Waals surface area contributed by atoms with Gasteiger partial charge in [0.15, 0.2) is 0 Å². The zero-order chi connectivity index (χ0) is 19.0. The maximum Gasteiger partial charge on any atom is 0.255 e. The van der Waals surface area contributed by atoms with Crippen LogP contribution >= 0.6 is 23.2 Å². The minimum absolute atomic E-state index is 0.118. The highest BCUT2D eigenvalue weighted by Gasteiger charge is 2.47. The summed E-state index contributed by atoms with van der Waals surface area (Å²) in [6, 6.07) is 19.5. The van der Waals surface area contributed by atoms with Crippen LogP contribution in [0.5, 0.6) is 5.75 Å². The van der Waals surface area contributed by atoms with Gasteiger partial charge in [0, 0.05) is 39.5 Å². The Kier molecular flexibility index (Phi) is 4.46. The van der Waals surface area contributed by atoms with Crippen molar-refractivity contribution in [1.82, 2.24) is 0 Å². The topological polar surface area (TPSA) is 61.4 Å². The van der Waals surface area contributed by atoms with Crippen molar-refractivity contribution in [1.29, 1.82) is 0 Å². The normalized spacial score (nSPS) is 18.1. The number of phenolic OH excluding ortho intramolecular Hbond substituents is 1. The summed E-state index contributed by atoms with van der Waals surface area (Å²) in [7, 11) is 0. The van der Waals surface area contributed by atoms with Gasteiger partial charge < -0.3 is 15.7 Å². The molecule has 0 bridgehead atoms. The highest BCUT2D eigenvalue weighted by Crippen LogP contribution is 2.42. The van der Waals surface area contributed by atoms with E-state index in [0.717, 1.165) is 11.1 Å². The van der Waals surface area contributed by atoms with E-state index in [0.29, 0.717) is 27.8 Å². The second-order valence-corrected chi connectivity index (χ2v) is 7.40. The molecule has 0 saturated heterocycles. The molecule has 4 rings (SSSR count). The van der Waals surface area contributed by atoms with Gasteiger partial charge in [0.05, 0.1) is 0 Å². The summed E-state index contributed by atoms with van der Waals surface area (Å²) in [6.07, 6.45) is 0.379. The molecule has 27 heavy (non-hydrogen) atoms. The van der Waals surface area contributed by atoms with E-state index in [1.807, 2.05) is 24.3 Å². The van der Waals surface area contributed by atoms with Crippen LogP contribution in [0.25, 0.3) is 0 Å². The van der Waals surface area contributed by atoms with Crippen molar-refractivity contribution in [2.24, 2.45) is 0 Å². The Morgan fingerprint density at radius 2 is 1.74 bits per heavy atom. The van der Waals surface area contributed by atoms with Crippen molar-refractivity contribution in [3.05, 3.63) is 87.9 Å². The lowest BCUT2D eigenvalue weighted by Crippen LogP contribution is -2.44. The molecule has 0 aliphatic carbocycles. The largest absolute Gasteiger partial charge is 0.508 e. The average molecular weight is 399 g/mol. The highest BCUT2D eigenvalue weighted by molar-refractivity contribution is 6.31. The number of hydrogen-bond donors (Lipinski definition) is 3. The Morgan fingerprint density at radius 3 is 2.52 bits per heavy atom.